The van der Waals surface area contributed by atoms with E-state index in [1.807, 2.05) is 72.3 Å². The summed E-state index contributed by atoms with van der Waals surface area (Å²) in [4.78, 5) is 87.5. The van der Waals surface area contributed by atoms with Gasteiger partial charge in [0.15, 0.2) is 5.76 Å². The van der Waals surface area contributed by atoms with Gasteiger partial charge in [-0.25, -0.2) is 60.4 Å². The van der Waals surface area contributed by atoms with E-state index >= 15 is 0 Å². The van der Waals surface area contributed by atoms with E-state index < -0.39 is 119 Å². The minimum Gasteiger partial charge on any atom is -0.466 e. The third kappa shape index (κ3) is 26.8. The van der Waals surface area contributed by atoms with Crippen molar-refractivity contribution in [2.45, 2.75) is 164 Å². The smallest absolute Gasteiger partial charge is 0.333 e. The summed E-state index contributed by atoms with van der Waals surface area (Å²) in [5.74, 6) is 0.659. The van der Waals surface area contributed by atoms with Crippen molar-refractivity contribution >= 4 is 133 Å². The Morgan fingerprint density at radius 2 is 1.03 bits per heavy atom. The van der Waals surface area contributed by atoms with Crippen molar-refractivity contribution in [3.8, 4) is 11.3 Å². The highest BCUT2D eigenvalue weighted by Gasteiger charge is 2.51. The largest absolute Gasteiger partial charge is 0.466 e. The van der Waals surface area contributed by atoms with Crippen LogP contribution < -0.4 is 41.8 Å². The number of thiophene rings is 3. The second-order valence-corrected chi connectivity index (χ2v) is 41.0. The number of nitrogens with zero attached hydrogens (tertiary/aromatic N) is 8. The van der Waals surface area contributed by atoms with Crippen molar-refractivity contribution in [3.05, 3.63) is 209 Å². The number of rotatable bonds is 34. The molecule has 0 bridgehead atoms. The summed E-state index contributed by atoms with van der Waals surface area (Å²) in [5.41, 5.74) is 2.52. The number of hydrogen-bond acceptors (Lipinski definition) is 40. The molecular weight excluding hydrogens is 1870 g/mol. The molecule has 131 heavy (non-hydrogen) atoms. The Balaban J connectivity index is 0.000000149. The quantitative estimate of drug-likeness (QED) is 0.0159. The van der Waals surface area contributed by atoms with Gasteiger partial charge in [-0.15, -0.1) is 34.0 Å². The zero-order valence-electron chi connectivity index (χ0n) is 70.4. The van der Waals surface area contributed by atoms with Crippen molar-refractivity contribution in [2.24, 2.45) is 50.1 Å². The molecule has 1 aromatic carbocycles. The lowest BCUT2D eigenvalue weighted by atomic mass is 9.87. The molecule has 49 heteroatoms. The van der Waals surface area contributed by atoms with Crippen molar-refractivity contribution in [2.75, 3.05) is 54.3 Å². The molecule has 1 unspecified atom stereocenters. The van der Waals surface area contributed by atoms with Crippen LogP contribution in [0.5, 0.6) is 0 Å². The number of nitrogens with one attached hydrogen (secondary N) is 4. The molecule has 5 aliphatic carbocycles. The molecule has 1 saturated heterocycles. The van der Waals surface area contributed by atoms with Crippen LogP contribution in [0, 0.1) is 36.5 Å². The molecule has 1 aliphatic heterocycles. The molecule has 5 saturated carbocycles. The third-order valence-electron chi connectivity index (χ3n) is 22.8. The lowest BCUT2D eigenvalue weighted by molar-refractivity contribution is -0.0190. The van der Waals surface area contributed by atoms with E-state index in [0.29, 0.717) is 105 Å². The summed E-state index contributed by atoms with van der Waals surface area (Å²) in [6, 6.07) is 21.9. The molecule has 10 heterocycles. The van der Waals surface area contributed by atoms with Crippen LogP contribution in [0.3, 0.4) is 0 Å². The number of halogens is 1. The van der Waals surface area contributed by atoms with E-state index in [1.165, 1.54) is 83.8 Å². The Morgan fingerprint density at radius 1 is 0.542 bits per heavy atom. The third-order valence-corrected chi connectivity index (χ3v) is 28.1. The monoisotopic (exact) mass is 1960 g/mol. The van der Waals surface area contributed by atoms with Gasteiger partial charge < -0.3 is 65.5 Å². The first-order valence-electron chi connectivity index (χ1n) is 41.1. The standard InChI is InChI=1S/C22H28N4O6S2.C21H21ClN4O7S.C21H24N4O6S2.C18H24N4O6S2/c23-34(29,30)32-10-13-6-16(8-18(13)27)26-21-17(9-24-12-25-21)20(28)19-7-15(11-33-19)22(14-2-3-14)4-1-5-31-22;22-21-24-9-13(18(28)16-7-6-15(33-16)11-4-2-1-3-5-11)20(26-21)25-14-8-12(17(27)19(14)29)10-32-34(23,30)31;1-12-2-3-16(31-12)4-13-5-19(32-10-13)20(27)17-8-23-11-24-21(17)25-15-6-14(18(26)7-15)9-30-33(22,28)29;1-18(2,25)15-4-3-14(29-15)16(24)12-7-20-9-21-17(12)22-11-5-10(13(23)6-11)8-28-30(19,26)27/h7,9,11-14,16,18,27H,1-6,8,10H2,(H2,23,29,30)(H,24,25,26);1-7,9,12,14,17,19,27,29H,8,10H2,(H2,23,30,31)(H,24,25,26);2-3,5,8,10-11,14-15,18,26H,4,6-7,9H2,1H3,(H2,22,28,29)(H,23,24,25);3-4,7,9-11,13,23,25H,5-6,8H2,1-2H3,(H2,19,26,27)(H,20,21,22)/t13-,16-,18+,22?;12-,14-,17-,19+;14-,15-,18+;10-,11-,13+/m1111/s1. The highest BCUT2D eigenvalue weighted by molar-refractivity contribution is 7.85. The Kier molecular flexibility index (Phi) is 32.1. The van der Waals surface area contributed by atoms with Crippen LogP contribution >= 0.6 is 45.6 Å². The van der Waals surface area contributed by atoms with E-state index in [9.17, 15) is 83.5 Å². The van der Waals surface area contributed by atoms with Crippen LogP contribution in [0.4, 0.5) is 23.3 Å². The summed E-state index contributed by atoms with van der Waals surface area (Å²) in [6.45, 7) is 4.89. The van der Waals surface area contributed by atoms with Crippen molar-refractivity contribution in [3.63, 3.8) is 0 Å². The summed E-state index contributed by atoms with van der Waals surface area (Å²) >= 11 is 9.86. The summed E-state index contributed by atoms with van der Waals surface area (Å²) in [5, 5.41) is 97.3. The molecule has 10 aromatic rings. The lowest BCUT2D eigenvalue weighted by Crippen LogP contribution is -2.36. The normalized spacial score (nSPS) is 23.8. The van der Waals surface area contributed by atoms with Crippen LogP contribution in [-0.2, 0) is 80.3 Å². The number of aromatic nitrogens is 8. The fourth-order valence-corrected chi connectivity index (χ4v) is 20.5. The number of benzene rings is 1. The molecule has 41 nitrogen and oxygen atoms in total. The number of anilines is 4. The first-order chi connectivity index (χ1) is 62.0. The van der Waals surface area contributed by atoms with E-state index in [2.05, 4.69) is 77.9 Å². The number of nitrogens with two attached hydrogens (primary N) is 4. The Hall–Kier alpha value is -9.43. The predicted molar refractivity (Wildman–Crippen MR) is 477 cm³/mol. The number of furan rings is 2. The summed E-state index contributed by atoms with van der Waals surface area (Å²) < 4.78 is 124. The van der Waals surface area contributed by atoms with Gasteiger partial charge in [-0.1, -0.05) is 30.3 Å². The number of ketones is 4. The maximum atomic E-state index is 13.4. The topological polar surface area (TPSA) is 654 Å². The number of carbonyl (C=O) groups excluding carboxylic acids is 4. The maximum Gasteiger partial charge on any atom is 0.333 e. The molecule has 704 valence electrons. The molecule has 0 amide bonds. The highest BCUT2D eigenvalue weighted by atomic mass is 35.5. The number of aryl methyl sites for hydroxylation is 1. The van der Waals surface area contributed by atoms with Gasteiger partial charge in [0.2, 0.25) is 28.4 Å². The molecule has 9 aromatic heterocycles. The number of aliphatic hydroxyl groups excluding tert-OH is 5. The molecule has 14 atom stereocenters. The van der Waals surface area contributed by atoms with E-state index in [1.54, 1.807) is 32.0 Å². The van der Waals surface area contributed by atoms with Crippen molar-refractivity contribution < 1.29 is 114 Å². The Bertz CT molecular complexity index is 6170. The second-order valence-electron chi connectivity index (χ2n) is 32.9. The maximum absolute atomic E-state index is 13.4. The van der Waals surface area contributed by atoms with Gasteiger partial charge >= 0.3 is 41.2 Å². The van der Waals surface area contributed by atoms with Crippen LogP contribution in [0.25, 0.3) is 11.3 Å². The van der Waals surface area contributed by atoms with Gasteiger partial charge in [0.25, 0.3) is 0 Å². The van der Waals surface area contributed by atoms with Gasteiger partial charge in [0, 0.05) is 90.1 Å². The molecule has 6 fully saturated rings. The molecule has 0 spiro atoms. The molecule has 0 radical (unpaired) electrons. The van der Waals surface area contributed by atoms with Crippen LogP contribution in [0.2, 0.25) is 5.28 Å². The fourth-order valence-electron chi connectivity index (χ4n) is 16.2. The number of aliphatic hydroxyl groups is 6. The zero-order valence-corrected chi connectivity index (χ0v) is 76.8. The van der Waals surface area contributed by atoms with Gasteiger partial charge in [-0.3, -0.25) is 35.9 Å². The van der Waals surface area contributed by atoms with Crippen molar-refractivity contribution in [1.29, 1.82) is 0 Å². The van der Waals surface area contributed by atoms with E-state index in [0.717, 1.165) is 60.5 Å². The van der Waals surface area contributed by atoms with Crippen LogP contribution in [0.15, 0.2) is 142 Å². The molecule has 16 rings (SSSR count). The number of carbonyl (C=O) groups is 4. The Morgan fingerprint density at radius 3 is 1.50 bits per heavy atom. The lowest BCUT2D eigenvalue weighted by Gasteiger charge is -2.27. The summed E-state index contributed by atoms with van der Waals surface area (Å²) in [7, 11) is -16.4. The fraction of sp³-hybridized carbons (Fsp3) is 0.439. The number of ether oxygens (including phenoxy) is 1. The van der Waals surface area contributed by atoms with Crippen LogP contribution in [-0.4, -0.2) is 215 Å². The second kappa shape index (κ2) is 42.4. The SMILES string of the molecule is CC(C)(O)c1ccc(C(=O)c2cncnc2N[C@@H]2C[C@H](COS(N)(=O)=O)[C@@H](O)C2)s1.Cc1ccc(Cc2csc(C(=O)c3cncnc3N[C@@H]3C[C@H](COS(N)(=O)=O)[C@@H](O)C3)c2)o1.NS(=O)(=O)OC[C@H]1C[C@@H](Nc2nc(Cl)ncc2C(=O)c2ccc(-c3ccccc3)o2)[C@H](O)[C@@H]1O.NS(=O)(=O)OC[C@H]1C[C@@H](Nc2ncncc2C(=O)c2cc(C3(C4CC4)CCCO3)cs2)C[C@@H]1O. The van der Waals surface area contributed by atoms with Gasteiger partial charge in [0.05, 0.1) is 105 Å². The first kappa shape index (κ1) is 99.1. The van der Waals surface area contributed by atoms with E-state index in [4.69, 9.17) is 45.7 Å². The van der Waals surface area contributed by atoms with Crippen molar-refractivity contribution in [1.82, 2.24) is 39.9 Å². The Labute approximate surface area is 770 Å². The van der Waals surface area contributed by atoms with Gasteiger partial charge in [0.1, 0.15) is 65.6 Å². The van der Waals surface area contributed by atoms with Gasteiger partial charge in [-0.05, 0) is 179 Å². The molecular formula is C82H97ClN16O25S7. The van der Waals surface area contributed by atoms with E-state index in [-0.39, 0.29) is 95.3 Å². The highest BCUT2D eigenvalue weighted by Crippen LogP contribution is 2.54. The predicted octanol–water partition coefficient (Wildman–Crippen LogP) is 6.12. The zero-order chi connectivity index (χ0) is 94.1. The summed E-state index contributed by atoms with van der Waals surface area (Å²) in [6.07, 6.45) is 12.1. The average molecular weight is 1970 g/mol. The minimum atomic E-state index is -4.21. The minimum absolute atomic E-state index is 0.0203. The first-order valence-corrected chi connectivity index (χ1v) is 49.9. The number of hydrogen-bond donors (Lipinski definition) is 14. The van der Waals surface area contributed by atoms with Gasteiger partial charge in [-0.2, -0.15) is 33.7 Å². The average Bonchev–Trinajstić information content (AvgIpc) is 1.59. The molecule has 6 aliphatic rings. The van der Waals surface area contributed by atoms with Crippen LogP contribution in [0.1, 0.15) is 174 Å². The molecule has 18 N–H and O–H groups in total.